The molecule has 1 N–H and O–H groups in total. The van der Waals surface area contributed by atoms with Crippen LogP contribution in [-0.2, 0) is 4.79 Å². The van der Waals surface area contributed by atoms with E-state index in [0.29, 0.717) is 13.9 Å². The molecular formula is C9H15I2NO. The molecule has 0 bridgehead atoms. The van der Waals surface area contributed by atoms with E-state index in [1.165, 1.54) is 0 Å². The average Bonchev–Trinajstić information content (AvgIpc) is 2.03. The van der Waals surface area contributed by atoms with Crippen LogP contribution in [-0.4, -0.2) is 13.9 Å². The monoisotopic (exact) mass is 407 g/mol. The van der Waals surface area contributed by atoms with E-state index in [1.807, 2.05) is 0 Å². The molecule has 2 nitrogen and oxygen atoms in total. The summed E-state index contributed by atoms with van der Waals surface area (Å²) in [6.45, 7) is 4.24. The third kappa shape index (κ3) is 3.21. The summed E-state index contributed by atoms with van der Waals surface area (Å²) in [6.07, 6.45) is 2.18. The Balaban J connectivity index is 2.52. The lowest BCUT2D eigenvalue weighted by Gasteiger charge is -2.32. The Bertz CT molecular complexity index is 194. The van der Waals surface area contributed by atoms with E-state index in [1.54, 1.807) is 0 Å². The van der Waals surface area contributed by atoms with Crippen LogP contribution in [0.4, 0.5) is 0 Å². The van der Waals surface area contributed by atoms with Gasteiger partial charge in [0.05, 0.1) is 1.93 Å². The van der Waals surface area contributed by atoms with Gasteiger partial charge in [-0.15, -0.1) is 0 Å². The first-order valence-electron chi connectivity index (χ1n) is 4.61. The van der Waals surface area contributed by atoms with Crippen LogP contribution in [0.2, 0.25) is 0 Å². The smallest absolute Gasteiger partial charge is 0.223 e. The molecule has 0 aromatic rings. The summed E-state index contributed by atoms with van der Waals surface area (Å²) in [7, 11) is 0. The van der Waals surface area contributed by atoms with E-state index >= 15 is 0 Å². The molecule has 1 aliphatic heterocycles. The first-order valence-corrected chi connectivity index (χ1v) is 7.10. The van der Waals surface area contributed by atoms with Crippen LogP contribution in [0.25, 0.3) is 0 Å². The highest BCUT2D eigenvalue weighted by Gasteiger charge is 2.31. The number of hydrogen-bond donors (Lipinski definition) is 1. The maximum Gasteiger partial charge on any atom is 0.223 e. The fourth-order valence-electron chi connectivity index (χ4n) is 1.68. The van der Waals surface area contributed by atoms with Gasteiger partial charge in [0.1, 0.15) is 0 Å². The van der Waals surface area contributed by atoms with Crippen LogP contribution in [0.1, 0.15) is 26.7 Å². The second-order valence-electron chi connectivity index (χ2n) is 3.88. The largest absolute Gasteiger partial charge is 0.351 e. The molecule has 0 spiro atoms. The van der Waals surface area contributed by atoms with Crippen molar-refractivity contribution in [3.63, 3.8) is 0 Å². The van der Waals surface area contributed by atoms with Crippen LogP contribution in [0, 0.1) is 11.8 Å². The van der Waals surface area contributed by atoms with Crippen molar-refractivity contribution in [2.45, 2.75) is 34.7 Å². The van der Waals surface area contributed by atoms with Crippen LogP contribution >= 0.6 is 45.2 Å². The molecule has 1 saturated heterocycles. The predicted octanol–water partition coefficient (Wildman–Crippen LogP) is 2.73. The Kier molecular flexibility index (Phi) is 4.74. The topological polar surface area (TPSA) is 29.1 Å². The summed E-state index contributed by atoms with van der Waals surface area (Å²) in [5, 5.41) is 3.09. The van der Waals surface area contributed by atoms with Crippen molar-refractivity contribution in [3.8, 4) is 0 Å². The Morgan fingerprint density at radius 2 is 2.00 bits per heavy atom. The number of alkyl halides is 2. The van der Waals surface area contributed by atoms with Crippen LogP contribution < -0.4 is 5.32 Å². The maximum atomic E-state index is 11.6. The molecule has 0 unspecified atom stereocenters. The van der Waals surface area contributed by atoms with Gasteiger partial charge in [0.15, 0.2) is 0 Å². The van der Waals surface area contributed by atoms with E-state index in [0.717, 1.165) is 12.8 Å². The third-order valence-corrected chi connectivity index (χ3v) is 4.30. The van der Waals surface area contributed by atoms with E-state index < -0.39 is 0 Å². The van der Waals surface area contributed by atoms with Crippen molar-refractivity contribution >= 4 is 51.1 Å². The van der Waals surface area contributed by atoms with Crippen molar-refractivity contribution in [3.05, 3.63) is 0 Å². The second kappa shape index (κ2) is 5.14. The van der Waals surface area contributed by atoms with Gasteiger partial charge in [0, 0.05) is 12.0 Å². The van der Waals surface area contributed by atoms with Gasteiger partial charge >= 0.3 is 0 Å². The van der Waals surface area contributed by atoms with E-state index in [2.05, 4.69) is 64.3 Å². The fourth-order valence-corrected chi connectivity index (χ4v) is 2.76. The standard InChI is InChI=1S/C9H15I2NO/c1-5(2)6-3-4-7(8(10)11)12-9(6)13/h5-8H,3-4H2,1-2H3,(H,12,13)/t6-,7-/m0/s1. The molecule has 0 saturated carbocycles. The highest BCUT2D eigenvalue weighted by Crippen LogP contribution is 2.28. The molecule has 4 heteroatoms. The van der Waals surface area contributed by atoms with Crippen molar-refractivity contribution in [1.82, 2.24) is 5.32 Å². The minimum absolute atomic E-state index is 0.239. The van der Waals surface area contributed by atoms with Gasteiger partial charge in [-0.25, -0.2) is 0 Å². The first kappa shape index (κ1) is 12.0. The summed E-state index contributed by atoms with van der Waals surface area (Å²) in [6, 6.07) is 0.378. The molecular weight excluding hydrogens is 392 g/mol. The minimum atomic E-state index is 0.239. The Hall–Kier alpha value is 0.930. The van der Waals surface area contributed by atoms with Gasteiger partial charge in [-0.05, 0) is 18.8 Å². The Morgan fingerprint density at radius 1 is 1.38 bits per heavy atom. The van der Waals surface area contributed by atoms with Crippen LogP contribution in [0.15, 0.2) is 0 Å². The molecule has 0 aliphatic carbocycles. The zero-order chi connectivity index (χ0) is 10.0. The number of carbonyl (C=O) groups excluding carboxylic acids is 1. The predicted molar refractivity (Wildman–Crippen MR) is 71.3 cm³/mol. The van der Waals surface area contributed by atoms with Crippen molar-refractivity contribution in [2.24, 2.45) is 11.8 Å². The molecule has 1 heterocycles. The Morgan fingerprint density at radius 3 is 2.38 bits per heavy atom. The van der Waals surface area contributed by atoms with Gasteiger partial charge in [0.25, 0.3) is 0 Å². The number of halogens is 2. The molecule has 1 aliphatic rings. The van der Waals surface area contributed by atoms with Gasteiger partial charge in [-0.1, -0.05) is 59.0 Å². The molecule has 0 aromatic heterocycles. The molecule has 1 rings (SSSR count). The third-order valence-electron chi connectivity index (χ3n) is 2.56. The van der Waals surface area contributed by atoms with Crippen molar-refractivity contribution in [2.75, 3.05) is 0 Å². The van der Waals surface area contributed by atoms with E-state index in [9.17, 15) is 4.79 Å². The summed E-state index contributed by atoms with van der Waals surface area (Å²) < 4.78 is 0.507. The molecule has 1 fully saturated rings. The summed E-state index contributed by atoms with van der Waals surface area (Å²) in [4.78, 5) is 11.6. The summed E-state index contributed by atoms with van der Waals surface area (Å²) in [5.41, 5.74) is 0. The minimum Gasteiger partial charge on any atom is -0.351 e. The van der Waals surface area contributed by atoms with Crippen molar-refractivity contribution < 1.29 is 4.79 Å². The summed E-state index contributed by atoms with van der Waals surface area (Å²) in [5.74, 6) is 0.968. The number of carbonyl (C=O) groups is 1. The summed E-state index contributed by atoms with van der Waals surface area (Å²) >= 11 is 4.74. The first-order chi connectivity index (χ1) is 6.02. The highest BCUT2D eigenvalue weighted by molar-refractivity contribution is 14.2. The zero-order valence-electron chi connectivity index (χ0n) is 7.89. The zero-order valence-corrected chi connectivity index (χ0v) is 12.2. The van der Waals surface area contributed by atoms with Gasteiger partial charge in [0.2, 0.25) is 5.91 Å². The van der Waals surface area contributed by atoms with Crippen molar-refractivity contribution in [1.29, 1.82) is 0 Å². The van der Waals surface area contributed by atoms with Gasteiger partial charge in [-0.2, -0.15) is 0 Å². The van der Waals surface area contributed by atoms with Gasteiger partial charge in [-0.3, -0.25) is 4.79 Å². The maximum absolute atomic E-state index is 11.6. The van der Waals surface area contributed by atoms with Crippen LogP contribution in [0.3, 0.4) is 0 Å². The molecule has 0 aromatic carbocycles. The van der Waals surface area contributed by atoms with Crippen LogP contribution in [0.5, 0.6) is 0 Å². The average molecular weight is 407 g/mol. The van der Waals surface area contributed by atoms with Gasteiger partial charge < -0.3 is 5.32 Å². The SMILES string of the molecule is CC(C)[C@@H]1CC[C@@H](C(I)I)NC1=O. The second-order valence-corrected chi connectivity index (χ2v) is 8.94. The number of hydrogen-bond acceptors (Lipinski definition) is 1. The lowest BCUT2D eigenvalue weighted by Crippen LogP contribution is -2.48. The van der Waals surface area contributed by atoms with E-state index in [4.69, 9.17) is 0 Å². The highest BCUT2D eigenvalue weighted by atomic mass is 127. The quantitative estimate of drug-likeness (QED) is 0.554. The number of piperidine rings is 1. The number of rotatable bonds is 2. The molecule has 2 atom stereocenters. The normalized spacial score (nSPS) is 29.5. The van der Waals surface area contributed by atoms with E-state index in [-0.39, 0.29) is 11.8 Å². The molecule has 1 amide bonds. The molecule has 76 valence electrons. The lowest BCUT2D eigenvalue weighted by molar-refractivity contribution is -0.129. The number of amides is 1. The lowest BCUT2D eigenvalue weighted by atomic mass is 9.86. The molecule has 13 heavy (non-hydrogen) atoms. The number of nitrogens with one attached hydrogen (secondary N) is 1. The fraction of sp³-hybridized carbons (Fsp3) is 0.889. The molecule has 0 radical (unpaired) electrons. The Labute approximate surface area is 107 Å².